The normalized spacial score (nSPS) is 10.6. The molecule has 0 bridgehead atoms. The number of carboxylic acids is 1. The van der Waals surface area contributed by atoms with Crippen LogP contribution in [0.15, 0.2) is 18.3 Å². The zero-order valence-electron chi connectivity index (χ0n) is 11.8. The molecule has 2 N–H and O–H groups in total. The summed E-state index contributed by atoms with van der Waals surface area (Å²) in [7, 11) is 0. The molecule has 0 fully saturated rings. The molecule has 0 aliphatic rings. The van der Waals surface area contributed by atoms with Crippen LogP contribution >= 0.6 is 0 Å². The average molecular weight is 280 g/mol. The lowest BCUT2D eigenvalue weighted by atomic mass is 10.1. The molecule has 0 aliphatic carbocycles. The standard InChI is InChI=1S/C14H20N2O4/c1-10(2)4-7-20-8-6-16-13(17)11-3-5-15-12(9-11)14(18)19/h3,5,9-10H,4,6-8H2,1-2H3,(H,16,17)(H,18,19). The summed E-state index contributed by atoms with van der Waals surface area (Å²) in [5.74, 6) is -0.894. The molecule has 0 unspecified atom stereocenters. The van der Waals surface area contributed by atoms with E-state index in [0.29, 0.717) is 25.7 Å². The van der Waals surface area contributed by atoms with E-state index in [1.54, 1.807) is 0 Å². The summed E-state index contributed by atoms with van der Waals surface area (Å²) in [6, 6.07) is 2.72. The van der Waals surface area contributed by atoms with Gasteiger partial charge in [0.1, 0.15) is 5.69 Å². The van der Waals surface area contributed by atoms with Gasteiger partial charge in [-0.1, -0.05) is 13.8 Å². The second kappa shape index (κ2) is 8.27. The number of pyridine rings is 1. The fraction of sp³-hybridized carbons (Fsp3) is 0.500. The quantitative estimate of drug-likeness (QED) is 0.706. The van der Waals surface area contributed by atoms with Crippen LogP contribution in [0.4, 0.5) is 0 Å². The number of nitrogens with one attached hydrogen (secondary N) is 1. The number of aromatic nitrogens is 1. The lowest BCUT2D eigenvalue weighted by molar-refractivity contribution is 0.0690. The Morgan fingerprint density at radius 1 is 1.40 bits per heavy atom. The van der Waals surface area contributed by atoms with Crippen molar-refractivity contribution in [3.8, 4) is 0 Å². The van der Waals surface area contributed by atoms with Gasteiger partial charge < -0.3 is 15.2 Å². The summed E-state index contributed by atoms with van der Waals surface area (Å²) in [6.07, 6.45) is 2.29. The summed E-state index contributed by atoms with van der Waals surface area (Å²) in [4.78, 5) is 26.2. The van der Waals surface area contributed by atoms with Crippen molar-refractivity contribution < 1.29 is 19.4 Å². The summed E-state index contributed by atoms with van der Waals surface area (Å²) in [5.41, 5.74) is 0.130. The Hall–Kier alpha value is -1.95. The van der Waals surface area contributed by atoms with E-state index < -0.39 is 5.97 Å². The van der Waals surface area contributed by atoms with E-state index in [-0.39, 0.29) is 17.2 Å². The van der Waals surface area contributed by atoms with Gasteiger partial charge in [0, 0.05) is 24.9 Å². The van der Waals surface area contributed by atoms with Gasteiger partial charge in [0.05, 0.1) is 6.61 Å². The fourth-order valence-corrected chi connectivity index (χ4v) is 1.45. The number of hydrogen-bond donors (Lipinski definition) is 2. The summed E-state index contributed by atoms with van der Waals surface area (Å²) >= 11 is 0. The van der Waals surface area contributed by atoms with E-state index in [2.05, 4.69) is 24.1 Å². The van der Waals surface area contributed by atoms with Gasteiger partial charge in [0.15, 0.2) is 0 Å². The van der Waals surface area contributed by atoms with Crippen molar-refractivity contribution in [3.05, 3.63) is 29.6 Å². The number of nitrogens with zero attached hydrogens (tertiary/aromatic N) is 1. The van der Waals surface area contributed by atoms with Crippen LogP contribution in [0, 0.1) is 5.92 Å². The molecule has 0 radical (unpaired) electrons. The van der Waals surface area contributed by atoms with Crippen LogP contribution in [-0.2, 0) is 4.74 Å². The molecule has 0 spiro atoms. The molecule has 0 saturated carbocycles. The van der Waals surface area contributed by atoms with E-state index in [1.807, 2.05) is 0 Å². The first-order valence-electron chi connectivity index (χ1n) is 6.56. The molecular formula is C14H20N2O4. The second-order valence-electron chi connectivity index (χ2n) is 4.79. The molecule has 0 aliphatic heterocycles. The largest absolute Gasteiger partial charge is 0.477 e. The van der Waals surface area contributed by atoms with Crippen molar-refractivity contribution in [1.29, 1.82) is 0 Å². The van der Waals surface area contributed by atoms with Crippen molar-refractivity contribution >= 4 is 11.9 Å². The Kier molecular flexibility index (Phi) is 6.66. The third kappa shape index (κ3) is 5.79. The smallest absolute Gasteiger partial charge is 0.354 e. The van der Waals surface area contributed by atoms with Gasteiger partial charge in [-0.05, 0) is 24.5 Å². The van der Waals surface area contributed by atoms with Crippen LogP contribution in [0.2, 0.25) is 0 Å². The lowest BCUT2D eigenvalue weighted by Crippen LogP contribution is -2.27. The van der Waals surface area contributed by atoms with Crippen molar-refractivity contribution in [2.24, 2.45) is 5.92 Å². The highest BCUT2D eigenvalue weighted by Crippen LogP contribution is 2.02. The third-order valence-corrected chi connectivity index (χ3v) is 2.61. The van der Waals surface area contributed by atoms with Gasteiger partial charge in [-0.15, -0.1) is 0 Å². The number of amides is 1. The molecule has 1 aromatic heterocycles. The maximum atomic E-state index is 11.8. The molecule has 6 heteroatoms. The first-order valence-corrected chi connectivity index (χ1v) is 6.56. The number of carboxylic acid groups (broad SMARTS) is 1. The Labute approximate surface area is 118 Å². The molecule has 1 rings (SSSR count). The number of rotatable bonds is 8. The van der Waals surface area contributed by atoms with Crippen LogP contribution in [0.3, 0.4) is 0 Å². The fourth-order valence-electron chi connectivity index (χ4n) is 1.45. The summed E-state index contributed by atoms with van der Waals surface area (Å²) < 4.78 is 5.37. The molecular weight excluding hydrogens is 260 g/mol. The Morgan fingerprint density at radius 3 is 2.80 bits per heavy atom. The maximum Gasteiger partial charge on any atom is 0.354 e. The van der Waals surface area contributed by atoms with Crippen LogP contribution in [-0.4, -0.2) is 41.7 Å². The topological polar surface area (TPSA) is 88.5 Å². The Bertz CT molecular complexity index is 460. The predicted molar refractivity (Wildman–Crippen MR) is 73.8 cm³/mol. The zero-order valence-corrected chi connectivity index (χ0v) is 11.8. The van der Waals surface area contributed by atoms with Gasteiger partial charge in [0.2, 0.25) is 0 Å². The lowest BCUT2D eigenvalue weighted by Gasteiger charge is -2.08. The van der Waals surface area contributed by atoms with Gasteiger partial charge in [0.25, 0.3) is 5.91 Å². The van der Waals surface area contributed by atoms with Crippen LogP contribution in [0.5, 0.6) is 0 Å². The molecule has 0 atom stereocenters. The first kappa shape index (κ1) is 16.1. The molecule has 0 saturated heterocycles. The van der Waals surface area contributed by atoms with Gasteiger partial charge in [-0.3, -0.25) is 4.79 Å². The summed E-state index contributed by atoms with van der Waals surface area (Å²) in [5, 5.41) is 11.5. The molecule has 0 aromatic carbocycles. The second-order valence-corrected chi connectivity index (χ2v) is 4.79. The predicted octanol–water partition coefficient (Wildman–Crippen LogP) is 1.57. The van der Waals surface area contributed by atoms with Gasteiger partial charge >= 0.3 is 5.97 Å². The Morgan fingerprint density at radius 2 is 2.15 bits per heavy atom. The van der Waals surface area contributed by atoms with Crippen molar-refractivity contribution in [2.75, 3.05) is 19.8 Å². The number of aromatic carboxylic acids is 1. The number of hydrogen-bond acceptors (Lipinski definition) is 4. The number of carbonyl (C=O) groups is 2. The minimum absolute atomic E-state index is 0.147. The molecule has 6 nitrogen and oxygen atoms in total. The Balaban J connectivity index is 2.32. The van der Waals surface area contributed by atoms with Crippen molar-refractivity contribution in [3.63, 3.8) is 0 Å². The van der Waals surface area contributed by atoms with E-state index in [1.165, 1.54) is 18.3 Å². The van der Waals surface area contributed by atoms with Crippen molar-refractivity contribution in [1.82, 2.24) is 10.3 Å². The summed E-state index contributed by atoms with van der Waals surface area (Å²) in [6.45, 7) is 5.74. The molecule has 1 aromatic rings. The van der Waals surface area contributed by atoms with Crippen LogP contribution in [0.1, 0.15) is 41.1 Å². The maximum absolute atomic E-state index is 11.8. The van der Waals surface area contributed by atoms with E-state index in [9.17, 15) is 9.59 Å². The highest BCUT2D eigenvalue weighted by atomic mass is 16.5. The zero-order chi connectivity index (χ0) is 15.0. The van der Waals surface area contributed by atoms with Gasteiger partial charge in [-0.2, -0.15) is 0 Å². The minimum atomic E-state index is -1.16. The molecule has 110 valence electrons. The average Bonchev–Trinajstić information content (AvgIpc) is 2.42. The van der Waals surface area contributed by atoms with E-state index in [0.717, 1.165) is 6.42 Å². The van der Waals surface area contributed by atoms with Crippen molar-refractivity contribution in [2.45, 2.75) is 20.3 Å². The van der Waals surface area contributed by atoms with E-state index in [4.69, 9.17) is 9.84 Å². The highest BCUT2D eigenvalue weighted by molar-refractivity contribution is 5.96. The highest BCUT2D eigenvalue weighted by Gasteiger charge is 2.10. The SMILES string of the molecule is CC(C)CCOCCNC(=O)c1ccnc(C(=O)O)c1. The van der Waals surface area contributed by atoms with Crippen LogP contribution < -0.4 is 5.32 Å². The molecule has 20 heavy (non-hydrogen) atoms. The first-order chi connectivity index (χ1) is 9.50. The van der Waals surface area contributed by atoms with Gasteiger partial charge in [-0.25, -0.2) is 9.78 Å². The number of ether oxygens (including phenoxy) is 1. The van der Waals surface area contributed by atoms with Crippen LogP contribution in [0.25, 0.3) is 0 Å². The molecule has 1 amide bonds. The minimum Gasteiger partial charge on any atom is -0.477 e. The monoisotopic (exact) mass is 280 g/mol. The molecule has 1 heterocycles. The third-order valence-electron chi connectivity index (χ3n) is 2.61. The number of carbonyl (C=O) groups excluding carboxylic acids is 1. The van der Waals surface area contributed by atoms with E-state index >= 15 is 0 Å².